The molecule has 0 spiro atoms. The van der Waals surface area contributed by atoms with E-state index in [4.69, 9.17) is 0 Å². The van der Waals surface area contributed by atoms with Crippen molar-refractivity contribution in [3.8, 4) is 0 Å². The Morgan fingerprint density at radius 3 is 3.10 bits per heavy atom. The minimum Gasteiger partial charge on any atom is -0.300 e. The zero-order valence-corrected chi connectivity index (χ0v) is 11.9. The molecule has 104 valence electrons. The number of carbonyl (C=O) groups is 1. The molecule has 1 amide bonds. The van der Waals surface area contributed by atoms with Gasteiger partial charge >= 0.3 is 0 Å². The molecule has 0 aliphatic heterocycles. The van der Waals surface area contributed by atoms with Crippen LogP contribution in [0.2, 0.25) is 0 Å². The fourth-order valence-electron chi connectivity index (χ4n) is 2.42. The molecular formula is C13H14N4O2S. The van der Waals surface area contributed by atoms with E-state index in [1.54, 1.807) is 18.5 Å². The van der Waals surface area contributed by atoms with Crippen LogP contribution in [0.4, 0.5) is 5.13 Å². The van der Waals surface area contributed by atoms with Gasteiger partial charge in [0.2, 0.25) is 5.91 Å². The third-order valence-electron chi connectivity index (χ3n) is 3.36. The number of anilines is 1. The summed E-state index contributed by atoms with van der Waals surface area (Å²) >= 11 is 1.34. The van der Waals surface area contributed by atoms with E-state index in [-0.39, 0.29) is 18.0 Å². The van der Waals surface area contributed by atoms with Crippen LogP contribution >= 0.6 is 11.3 Å². The average Bonchev–Trinajstić information content (AvgIpc) is 3.05. The van der Waals surface area contributed by atoms with Crippen molar-refractivity contribution < 1.29 is 4.79 Å². The second kappa shape index (κ2) is 5.16. The van der Waals surface area contributed by atoms with Gasteiger partial charge in [0.25, 0.3) is 5.56 Å². The normalized spacial score (nSPS) is 13.2. The number of fused-ring (bicyclic) bond motifs is 1. The third kappa shape index (κ3) is 2.36. The monoisotopic (exact) mass is 290 g/mol. The molecule has 0 aromatic carbocycles. The van der Waals surface area contributed by atoms with E-state index in [0.29, 0.717) is 11.0 Å². The van der Waals surface area contributed by atoms with Crippen molar-refractivity contribution in [2.45, 2.75) is 32.7 Å². The second-order valence-corrected chi connectivity index (χ2v) is 5.61. The number of carbonyl (C=O) groups excluding carboxylic acids is 1. The van der Waals surface area contributed by atoms with Crippen molar-refractivity contribution in [1.82, 2.24) is 14.5 Å². The van der Waals surface area contributed by atoms with E-state index in [0.717, 1.165) is 30.5 Å². The number of rotatable bonds is 3. The van der Waals surface area contributed by atoms with E-state index >= 15 is 0 Å². The topological polar surface area (TPSA) is 76.9 Å². The maximum atomic E-state index is 12.3. The third-order valence-corrected chi connectivity index (χ3v) is 4.05. The Morgan fingerprint density at radius 1 is 1.50 bits per heavy atom. The Hall–Kier alpha value is -2.02. The summed E-state index contributed by atoms with van der Waals surface area (Å²) in [7, 11) is 0. The number of hydrogen-bond donors (Lipinski definition) is 1. The lowest BCUT2D eigenvalue weighted by atomic mass is 10.2. The largest absolute Gasteiger partial charge is 0.300 e. The van der Waals surface area contributed by atoms with Gasteiger partial charge in [-0.05, 0) is 26.2 Å². The van der Waals surface area contributed by atoms with E-state index in [2.05, 4.69) is 15.3 Å². The number of nitrogens with zero attached hydrogens (tertiary/aromatic N) is 3. The smallest absolute Gasteiger partial charge is 0.257 e. The van der Waals surface area contributed by atoms with Crippen molar-refractivity contribution >= 4 is 22.4 Å². The van der Waals surface area contributed by atoms with Crippen molar-refractivity contribution in [3.63, 3.8) is 0 Å². The number of amides is 1. The van der Waals surface area contributed by atoms with Crippen LogP contribution in [0.3, 0.4) is 0 Å². The summed E-state index contributed by atoms with van der Waals surface area (Å²) in [5.74, 6) is 0.329. The minimum absolute atomic E-state index is 0.0233. The van der Waals surface area contributed by atoms with Gasteiger partial charge in [0.1, 0.15) is 12.4 Å². The molecule has 2 aromatic heterocycles. The Morgan fingerprint density at radius 2 is 2.35 bits per heavy atom. The van der Waals surface area contributed by atoms with Crippen LogP contribution in [0, 0.1) is 6.92 Å². The quantitative estimate of drug-likeness (QED) is 0.919. The van der Waals surface area contributed by atoms with Gasteiger partial charge in [-0.3, -0.25) is 14.2 Å². The first-order valence-corrected chi connectivity index (χ1v) is 7.31. The van der Waals surface area contributed by atoms with Crippen molar-refractivity contribution in [3.05, 3.63) is 39.0 Å². The van der Waals surface area contributed by atoms with Crippen molar-refractivity contribution in [1.29, 1.82) is 0 Å². The molecule has 1 aliphatic rings. The average molecular weight is 290 g/mol. The van der Waals surface area contributed by atoms with Crippen LogP contribution in [0.25, 0.3) is 0 Å². The highest BCUT2D eigenvalue weighted by Gasteiger charge is 2.20. The maximum absolute atomic E-state index is 12.3. The molecular weight excluding hydrogens is 276 g/mol. The minimum atomic E-state index is -0.259. The molecule has 2 aromatic rings. The predicted octanol–water partition coefficient (Wildman–Crippen LogP) is 1.14. The molecule has 0 saturated carbocycles. The molecule has 0 saturated heterocycles. The highest BCUT2D eigenvalue weighted by Crippen LogP contribution is 2.16. The van der Waals surface area contributed by atoms with Crippen LogP contribution in [-0.4, -0.2) is 20.4 Å². The van der Waals surface area contributed by atoms with Gasteiger partial charge in [0.05, 0.1) is 5.69 Å². The number of nitrogens with one attached hydrogen (secondary N) is 1. The summed E-state index contributed by atoms with van der Waals surface area (Å²) < 4.78 is 1.44. The van der Waals surface area contributed by atoms with Crippen LogP contribution < -0.4 is 10.9 Å². The van der Waals surface area contributed by atoms with Crippen molar-refractivity contribution in [2.24, 2.45) is 0 Å². The summed E-state index contributed by atoms with van der Waals surface area (Å²) in [6.07, 6.45) is 4.20. The fraction of sp³-hybridized carbons (Fsp3) is 0.385. The van der Waals surface area contributed by atoms with Gasteiger partial charge in [-0.15, -0.1) is 11.3 Å². The van der Waals surface area contributed by atoms with Crippen LogP contribution in [0.15, 0.2) is 16.4 Å². The molecule has 6 nitrogen and oxygen atoms in total. The first-order chi connectivity index (χ1) is 9.65. The van der Waals surface area contributed by atoms with E-state index in [1.807, 2.05) is 0 Å². The predicted molar refractivity (Wildman–Crippen MR) is 76.0 cm³/mol. The molecule has 7 heteroatoms. The number of hydrogen-bond acceptors (Lipinski definition) is 5. The SMILES string of the molecule is Cc1nc2c(c(=O)n1CC(=O)Nc1nccs1)CCC2. The maximum Gasteiger partial charge on any atom is 0.257 e. The zero-order valence-electron chi connectivity index (χ0n) is 11.0. The van der Waals surface area contributed by atoms with Gasteiger partial charge in [0, 0.05) is 17.1 Å². The Balaban J connectivity index is 1.84. The number of aromatic nitrogens is 3. The summed E-state index contributed by atoms with van der Waals surface area (Å²) in [6, 6.07) is 0. The zero-order chi connectivity index (χ0) is 14.1. The number of thiazole rings is 1. The summed E-state index contributed by atoms with van der Waals surface area (Å²) in [6.45, 7) is 1.74. The molecule has 20 heavy (non-hydrogen) atoms. The van der Waals surface area contributed by atoms with Gasteiger partial charge in [-0.1, -0.05) is 0 Å². The molecule has 1 aliphatic carbocycles. The standard InChI is InChI=1S/C13H14N4O2S/c1-8-15-10-4-2-3-9(10)12(19)17(8)7-11(18)16-13-14-5-6-20-13/h5-6H,2-4,7H2,1H3,(H,14,16,18). The molecule has 0 fully saturated rings. The highest BCUT2D eigenvalue weighted by atomic mass is 32.1. The molecule has 0 atom stereocenters. The molecule has 0 unspecified atom stereocenters. The molecule has 3 rings (SSSR count). The van der Waals surface area contributed by atoms with Gasteiger partial charge in [0.15, 0.2) is 5.13 Å². The number of aryl methyl sites for hydroxylation is 2. The van der Waals surface area contributed by atoms with E-state index in [9.17, 15) is 9.59 Å². The van der Waals surface area contributed by atoms with Crippen molar-refractivity contribution in [2.75, 3.05) is 5.32 Å². The molecule has 2 heterocycles. The Kier molecular flexibility index (Phi) is 3.35. The molecule has 0 bridgehead atoms. The summed E-state index contributed by atoms with van der Waals surface area (Å²) in [5.41, 5.74) is 1.57. The fourth-order valence-corrected chi connectivity index (χ4v) is 2.97. The molecule has 1 N–H and O–H groups in total. The Bertz CT molecular complexity index is 706. The molecule has 0 radical (unpaired) electrons. The van der Waals surface area contributed by atoms with Gasteiger partial charge in [-0.25, -0.2) is 9.97 Å². The lowest BCUT2D eigenvalue weighted by Crippen LogP contribution is -2.32. The summed E-state index contributed by atoms with van der Waals surface area (Å²) in [5, 5.41) is 4.99. The second-order valence-electron chi connectivity index (χ2n) is 4.71. The lowest BCUT2D eigenvalue weighted by Gasteiger charge is -2.11. The Labute approximate surface area is 119 Å². The highest BCUT2D eigenvalue weighted by molar-refractivity contribution is 7.13. The van der Waals surface area contributed by atoms with E-state index in [1.165, 1.54) is 15.9 Å². The first kappa shape index (κ1) is 13.0. The van der Waals surface area contributed by atoms with E-state index < -0.39 is 0 Å². The van der Waals surface area contributed by atoms with Gasteiger partial charge < -0.3 is 5.32 Å². The van der Waals surface area contributed by atoms with Crippen LogP contribution in [0.1, 0.15) is 23.5 Å². The van der Waals surface area contributed by atoms with Gasteiger partial charge in [-0.2, -0.15) is 0 Å². The first-order valence-electron chi connectivity index (χ1n) is 6.43. The van der Waals surface area contributed by atoms with Crippen LogP contribution in [-0.2, 0) is 24.2 Å². The van der Waals surface area contributed by atoms with Crippen LogP contribution in [0.5, 0.6) is 0 Å². The summed E-state index contributed by atoms with van der Waals surface area (Å²) in [4.78, 5) is 32.7. The lowest BCUT2D eigenvalue weighted by molar-refractivity contribution is -0.116.